The van der Waals surface area contributed by atoms with Gasteiger partial charge in [-0.3, -0.25) is 9.59 Å². The van der Waals surface area contributed by atoms with Crippen LogP contribution < -0.4 is 9.80 Å². The monoisotopic (exact) mass is 394 g/mol. The second-order valence-electron chi connectivity index (χ2n) is 6.87. The summed E-state index contributed by atoms with van der Waals surface area (Å²) in [4.78, 5) is 29.9. The van der Waals surface area contributed by atoms with Gasteiger partial charge in [0.15, 0.2) is 0 Å². The van der Waals surface area contributed by atoms with E-state index in [1.54, 1.807) is 47.4 Å². The van der Waals surface area contributed by atoms with E-state index in [1.165, 1.54) is 17.9 Å². The number of nitriles is 1. The normalized spacial score (nSPS) is 13.7. The molecule has 0 aliphatic carbocycles. The number of carbonyl (C=O) groups is 2. The van der Waals surface area contributed by atoms with Crippen molar-refractivity contribution in [3.8, 4) is 6.07 Å². The molecule has 0 aromatic heterocycles. The maximum atomic E-state index is 14.0. The van der Waals surface area contributed by atoms with E-state index in [2.05, 4.69) is 6.07 Å². The molecule has 0 radical (unpaired) electrons. The number of carbonyl (C=O) groups excluding carboxylic acids is 2. The predicted octanol–water partition coefficient (Wildman–Crippen LogP) is 2.79. The summed E-state index contributed by atoms with van der Waals surface area (Å²) in [5.74, 6) is -0.538. The summed E-state index contributed by atoms with van der Waals surface area (Å²) < 4.78 is 14.0. The highest BCUT2D eigenvalue weighted by Gasteiger charge is 2.24. The molecule has 2 aromatic rings. The van der Waals surface area contributed by atoms with Crippen molar-refractivity contribution in [2.45, 2.75) is 13.3 Å². The number of amides is 2. The van der Waals surface area contributed by atoms with E-state index in [4.69, 9.17) is 0 Å². The standard InChI is InChI=1S/C22H23FN4O2/c1-17(28)27(20-8-4-2-6-18(20)16-24)11-10-22(29)26-14-12-25(13-15-26)21-9-5-3-7-19(21)23/h2-9H,10-15H2,1H3. The Morgan fingerprint density at radius 3 is 2.38 bits per heavy atom. The molecule has 7 heteroatoms. The maximum absolute atomic E-state index is 14.0. The molecular weight excluding hydrogens is 371 g/mol. The number of para-hydroxylation sites is 2. The van der Waals surface area contributed by atoms with Crippen molar-refractivity contribution in [1.82, 2.24) is 4.90 Å². The Labute approximate surface area is 169 Å². The Hall–Kier alpha value is -3.40. The van der Waals surface area contributed by atoms with Crippen LogP contribution in [0.4, 0.5) is 15.8 Å². The zero-order valence-corrected chi connectivity index (χ0v) is 16.3. The van der Waals surface area contributed by atoms with Gasteiger partial charge in [-0.1, -0.05) is 24.3 Å². The van der Waals surface area contributed by atoms with Crippen LogP contribution in [0.5, 0.6) is 0 Å². The Bertz CT molecular complexity index is 932. The molecule has 1 aliphatic rings. The summed E-state index contributed by atoms with van der Waals surface area (Å²) in [5, 5.41) is 9.27. The topological polar surface area (TPSA) is 67.7 Å². The minimum absolute atomic E-state index is 0.0566. The third-order valence-corrected chi connectivity index (χ3v) is 5.07. The molecule has 1 fully saturated rings. The number of hydrogen-bond acceptors (Lipinski definition) is 4. The van der Waals surface area contributed by atoms with Crippen molar-refractivity contribution < 1.29 is 14.0 Å². The van der Waals surface area contributed by atoms with Crippen molar-refractivity contribution in [3.05, 3.63) is 59.9 Å². The van der Waals surface area contributed by atoms with Crippen molar-refractivity contribution >= 4 is 23.2 Å². The summed E-state index contributed by atoms with van der Waals surface area (Å²) in [6.07, 6.45) is 0.166. The molecule has 2 amide bonds. The van der Waals surface area contributed by atoms with Crippen LogP contribution in [0.1, 0.15) is 18.9 Å². The molecular formula is C22H23FN4O2. The molecule has 1 aliphatic heterocycles. The first kappa shape index (κ1) is 20.3. The Morgan fingerprint density at radius 1 is 1.07 bits per heavy atom. The van der Waals surface area contributed by atoms with Gasteiger partial charge in [0.1, 0.15) is 11.9 Å². The number of rotatable bonds is 5. The fraction of sp³-hybridized carbons (Fsp3) is 0.318. The predicted molar refractivity (Wildman–Crippen MR) is 109 cm³/mol. The quantitative estimate of drug-likeness (QED) is 0.782. The number of anilines is 2. The van der Waals surface area contributed by atoms with Gasteiger partial charge in [0.2, 0.25) is 11.8 Å². The second kappa shape index (κ2) is 9.20. The summed E-state index contributed by atoms with van der Waals surface area (Å²) in [5.41, 5.74) is 1.46. The average molecular weight is 394 g/mol. The fourth-order valence-electron chi connectivity index (χ4n) is 3.52. The van der Waals surface area contributed by atoms with Crippen molar-refractivity contribution in [3.63, 3.8) is 0 Å². The van der Waals surface area contributed by atoms with Crippen LogP contribution in [0, 0.1) is 17.1 Å². The molecule has 1 heterocycles. The van der Waals surface area contributed by atoms with Gasteiger partial charge in [-0.05, 0) is 24.3 Å². The Morgan fingerprint density at radius 2 is 1.72 bits per heavy atom. The molecule has 29 heavy (non-hydrogen) atoms. The van der Waals surface area contributed by atoms with Crippen LogP contribution >= 0.6 is 0 Å². The van der Waals surface area contributed by atoms with Gasteiger partial charge >= 0.3 is 0 Å². The molecule has 0 N–H and O–H groups in total. The molecule has 150 valence electrons. The Balaban J connectivity index is 1.58. The van der Waals surface area contributed by atoms with E-state index >= 15 is 0 Å². The molecule has 2 aromatic carbocycles. The summed E-state index contributed by atoms with van der Waals surface area (Å²) in [6.45, 7) is 3.75. The van der Waals surface area contributed by atoms with Crippen molar-refractivity contribution in [2.24, 2.45) is 0 Å². The molecule has 1 saturated heterocycles. The zero-order chi connectivity index (χ0) is 20.8. The lowest BCUT2D eigenvalue weighted by Crippen LogP contribution is -2.49. The third kappa shape index (κ3) is 4.72. The number of benzene rings is 2. The first-order chi connectivity index (χ1) is 14.0. The van der Waals surface area contributed by atoms with E-state index in [-0.39, 0.29) is 30.6 Å². The number of piperazine rings is 1. The highest BCUT2D eigenvalue weighted by molar-refractivity contribution is 5.93. The number of hydrogen-bond donors (Lipinski definition) is 0. The van der Waals surface area contributed by atoms with Crippen LogP contribution in [-0.4, -0.2) is 49.4 Å². The van der Waals surface area contributed by atoms with Gasteiger partial charge in [-0.2, -0.15) is 5.26 Å². The van der Waals surface area contributed by atoms with E-state index in [1.807, 2.05) is 4.90 Å². The summed E-state index contributed by atoms with van der Waals surface area (Å²) in [7, 11) is 0. The molecule has 0 spiro atoms. The lowest BCUT2D eigenvalue weighted by Gasteiger charge is -2.36. The molecule has 0 bridgehead atoms. The SMILES string of the molecule is CC(=O)N(CCC(=O)N1CCN(c2ccccc2F)CC1)c1ccccc1C#N. The minimum atomic E-state index is -0.263. The lowest BCUT2D eigenvalue weighted by atomic mass is 10.1. The van der Waals surface area contributed by atoms with Gasteiger partial charge < -0.3 is 14.7 Å². The van der Waals surface area contributed by atoms with Gasteiger partial charge in [-0.25, -0.2) is 4.39 Å². The van der Waals surface area contributed by atoms with Gasteiger partial charge in [-0.15, -0.1) is 0 Å². The lowest BCUT2D eigenvalue weighted by molar-refractivity contribution is -0.131. The van der Waals surface area contributed by atoms with E-state index < -0.39 is 0 Å². The summed E-state index contributed by atoms with van der Waals surface area (Å²) in [6, 6.07) is 15.6. The highest BCUT2D eigenvalue weighted by Crippen LogP contribution is 2.22. The minimum Gasteiger partial charge on any atom is -0.366 e. The molecule has 0 unspecified atom stereocenters. The van der Waals surface area contributed by atoms with Gasteiger partial charge in [0.25, 0.3) is 0 Å². The first-order valence-electron chi connectivity index (χ1n) is 9.55. The van der Waals surface area contributed by atoms with Crippen LogP contribution in [0.2, 0.25) is 0 Å². The van der Waals surface area contributed by atoms with Gasteiger partial charge in [0.05, 0.1) is 16.9 Å². The van der Waals surface area contributed by atoms with E-state index in [0.717, 1.165) is 0 Å². The highest BCUT2D eigenvalue weighted by atomic mass is 19.1. The second-order valence-corrected chi connectivity index (χ2v) is 6.87. The third-order valence-electron chi connectivity index (χ3n) is 5.07. The molecule has 6 nitrogen and oxygen atoms in total. The van der Waals surface area contributed by atoms with Crippen LogP contribution in [0.25, 0.3) is 0 Å². The van der Waals surface area contributed by atoms with Crippen LogP contribution in [0.15, 0.2) is 48.5 Å². The maximum Gasteiger partial charge on any atom is 0.224 e. The Kier molecular flexibility index (Phi) is 6.45. The van der Waals surface area contributed by atoms with E-state index in [9.17, 15) is 19.2 Å². The van der Waals surface area contributed by atoms with Crippen LogP contribution in [0.3, 0.4) is 0 Å². The molecule has 0 atom stereocenters. The summed E-state index contributed by atoms with van der Waals surface area (Å²) >= 11 is 0. The average Bonchev–Trinajstić information content (AvgIpc) is 2.74. The van der Waals surface area contributed by atoms with Gasteiger partial charge in [0, 0.05) is 46.1 Å². The van der Waals surface area contributed by atoms with Crippen LogP contribution in [-0.2, 0) is 9.59 Å². The van der Waals surface area contributed by atoms with Crippen molar-refractivity contribution in [2.75, 3.05) is 42.5 Å². The van der Waals surface area contributed by atoms with E-state index in [0.29, 0.717) is 43.1 Å². The molecule has 0 saturated carbocycles. The smallest absolute Gasteiger partial charge is 0.224 e. The first-order valence-corrected chi connectivity index (χ1v) is 9.55. The largest absolute Gasteiger partial charge is 0.366 e. The number of nitrogens with zero attached hydrogens (tertiary/aromatic N) is 4. The van der Waals surface area contributed by atoms with Crippen molar-refractivity contribution in [1.29, 1.82) is 5.26 Å². The molecule has 3 rings (SSSR count). The number of halogens is 1. The fourth-order valence-corrected chi connectivity index (χ4v) is 3.52. The zero-order valence-electron chi connectivity index (χ0n) is 16.3.